The van der Waals surface area contributed by atoms with Crippen molar-refractivity contribution in [1.29, 1.82) is 0 Å². The van der Waals surface area contributed by atoms with Gasteiger partial charge in [-0.15, -0.1) is 0 Å². The van der Waals surface area contributed by atoms with Crippen LogP contribution >= 0.6 is 0 Å². The number of nitrogens with one attached hydrogen (secondary N) is 1. The molecule has 0 aliphatic carbocycles. The summed E-state index contributed by atoms with van der Waals surface area (Å²) in [5.41, 5.74) is 0.376. The lowest BCUT2D eigenvalue weighted by atomic mass is 10.2. The fourth-order valence-corrected chi connectivity index (χ4v) is 1.19. The second-order valence-electron chi connectivity index (χ2n) is 3.36. The van der Waals surface area contributed by atoms with Crippen molar-refractivity contribution in [1.82, 2.24) is 5.32 Å². The Morgan fingerprint density at radius 2 is 2.07 bits per heavy atom. The molecule has 2 N–H and O–H groups in total. The molecule has 1 atom stereocenters. The first-order valence-electron chi connectivity index (χ1n) is 4.52. The summed E-state index contributed by atoms with van der Waals surface area (Å²) in [6.45, 7) is 4.79. The van der Waals surface area contributed by atoms with E-state index in [9.17, 15) is 9.59 Å². The zero-order valence-electron chi connectivity index (χ0n) is 8.83. The van der Waals surface area contributed by atoms with Crippen LogP contribution in [0.3, 0.4) is 0 Å². The highest BCUT2D eigenvalue weighted by atomic mass is 16.4. The molecule has 0 fully saturated rings. The Morgan fingerprint density at radius 1 is 1.47 bits per heavy atom. The third-order valence-electron chi connectivity index (χ3n) is 2.00. The second-order valence-corrected chi connectivity index (χ2v) is 3.36. The Bertz CT molecular complexity index is 394. The van der Waals surface area contributed by atoms with Gasteiger partial charge in [-0.1, -0.05) is 0 Å². The SMILES string of the molecule is Cc1cc(C(=O)NC(C)C(=O)O)c(C)o1. The maximum Gasteiger partial charge on any atom is 0.325 e. The molecule has 0 aliphatic heterocycles. The summed E-state index contributed by atoms with van der Waals surface area (Å²) in [5.74, 6) is -0.385. The van der Waals surface area contributed by atoms with Gasteiger partial charge in [0.15, 0.2) is 0 Å². The molecular weight excluding hydrogens is 198 g/mol. The molecule has 0 saturated heterocycles. The maximum atomic E-state index is 11.6. The summed E-state index contributed by atoms with van der Waals surface area (Å²) in [7, 11) is 0. The van der Waals surface area contributed by atoms with Gasteiger partial charge in [-0.2, -0.15) is 0 Å². The van der Waals surface area contributed by atoms with Gasteiger partial charge in [-0.05, 0) is 26.8 Å². The molecule has 5 heteroatoms. The van der Waals surface area contributed by atoms with Gasteiger partial charge in [0, 0.05) is 0 Å². The summed E-state index contributed by atoms with van der Waals surface area (Å²) >= 11 is 0. The number of carboxylic acids is 1. The van der Waals surface area contributed by atoms with Gasteiger partial charge in [0.1, 0.15) is 17.6 Å². The molecule has 0 aromatic carbocycles. The average molecular weight is 211 g/mol. The zero-order valence-corrected chi connectivity index (χ0v) is 8.83. The van der Waals surface area contributed by atoms with Crippen LogP contribution in [0, 0.1) is 13.8 Å². The van der Waals surface area contributed by atoms with Crippen LogP contribution in [-0.2, 0) is 4.79 Å². The number of carbonyl (C=O) groups is 2. The van der Waals surface area contributed by atoms with Crippen LogP contribution in [-0.4, -0.2) is 23.0 Å². The lowest BCUT2D eigenvalue weighted by Gasteiger charge is -2.07. The van der Waals surface area contributed by atoms with E-state index in [1.807, 2.05) is 0 Å². The molecule has 82 valence electrons. The number of hydrogen-bond acceptors (Lipinski definition) is 3. The molecule has 0 radical (unpaired) electrons. The van der Waals surface area contributed by atoms with Crippen LogP contribution in [0.2, 0.25) is 0 Å². The van der Waals surface area contributed by atoms with E-state index in [-0.39, 0.29) is 0 Å². The highest BCUT2D eigenvalue weighted by molar-refractivity contribution is 5.97. The highest BCUT2D eigenvalue weighted by Gasteiger charge is 2.18. The van der Waals surface area contributed by atoms with E-state index in [1.165, 1.54) is 6.92 Å². The van der Waals surface area contributed by atoms with Gasteiger partial charge >= 0.3 is 5.97 Å². The van der Waals surface area contributed by atoms with E-state index < -0.39 is 17.9 Å². The first-order chi connectivity index (χ1) is 6.91. The predicted octanol–water partition coefficient (Wildman–Crippen LogP) is 1.10. The highest BCUT2D eigenvalue weighted by Crippen LogP contribution is 2.13. The molecular formula is C10H13NO4. The van der Waals surface area contributed by atoms with Crippen LogP contribution in [0.25, 0.3) is 0 Å². The summed E-state index contributed by atoms with van der Waals surface area (Å²) in [4.78, 5) is 22.1. The molecule has 1 unspecified atom stereocenters. The van der Waals surface area contributed by atoms with E-state index in [2.05, 4.69) is 5.32 Å². The van der Waals surface area contributed by atoms with Gasteiger partial charge in [0.25, 0.3) is 5.91 Å². The Kier molecular flexibility index (Phi) is 3.14. The average Bonchev–Trinajstić information content (AvgIpc) is 2.44. The van der Waals surface area contributed by atoms with E-state index in [0.717, 1.165) is 0 Å². The van der Waals surface area contributed by atoms with Crippen molar-refractivity contribution in [2.75, 3.05) is 0 Å². The number of aliphatic carboxylic acids is 1. The van der Waals surface area contributed by atoms with Crippen LogP contribution in [0.1, 0.15) is 28.8 Å². The van der Waals surface area contributed by atoms with Gasteiger partial charge in [0.2, 0.25) is 0 Å². The van der Waals surface area contributed by atoms with Crippen LogP contribution in [0.5, 0.6) is 0 Å². The number of amides is 1. The van der Waals surface area contributed by atoms with Crippen molar-refractivity contribution < 1.29 is 19.1 Å². The normalized spacial score (nSPS) is 12.2. The minimum Gasteiger partial charge on any atom is -0.480 e. The van der Waals surface area contributed by atoms with Crippen molar-refractivity contribution in [3.63, 3.8) is 0 Å². The van der Waals surface area contributed by atoms with Gasteiger partial charge < -0.3 is 14.8 Å². The largest absolute Gasteiger partial charge is 0.480 e. The lowest BCUT2D eigenvalue weighted by molar-refractivity contribution is -0.138. The second kappa shape index (κ2) is 4.16. The molecule has 0 saturated carbocycles. The molecule has 1 rings (SSSR count). The topological polar surface area (TPSA) is 79.5 Å². The lowest BCUT2D eigenvalue weighted by Crippen LogP contribution is -2.38. The summed E-state index contributed by atoms with van der Waals surface area (Å²) < 4.78 is 5.17. The molecule has 0 spiro atoms. The Balaban J connectivity index is 2.77. The van der Waals surface area contributed by atoms with Gasteiger partial charge in [-0.3, -0.25) is 9.59 Å². The van der Waals surface area contributed by atoms with Crippen molar-refractivity contribution in [2.24, 2.45) is 0 Å². The van der Waals surface area contributed by atoms with Crippen LogP contribution < -0.4 is 5.32 Å². The molecule has 1 heterocycles. The van der Waals surface area contributed by atoms with Crippen LogP contribution in [0.15, 0.2) is 10.5 Å². The van der Waals surface area contributed by atoms with E-state index >= 15 is 0 Å². The molecule has 0 bridgehead atoms. The summed E-state index contributed by atoms with van der Waals surface area (Å²) in [5, 5.41) is 11.0. The summed E-state index contributed by atoms with van der Waals surface area (Å²) in [6, 6.07) is 0.672. The van der Waals surface area contributed by atoms with E-state index in [1.54, 1.807) is 19.9 Å². The van der Waals surface area contributed by atoms with Gasteiger partial charge in [-0.25, -0.2) is 0 Å². The number of carbonyl (C=O) groups excluding carboxylic acids is 1. The number of furan rings is 1. The first kappa shape index (κ1) is 11.3. The Morgan fingerprint density at radius 3 is 2.47 bits per heavy atom. The number of rotatable bonds is 3. The fraction of sp³-hybridized carbons (Fsp3) is 0.400. The molecule has 0 aliphatic rings. The monoisotopic (exact) mass is 211 g/mol. The zero-order chi connectivity index (χ0) is 11.6. The van der Waals surface area contributed by atoms with Crippen LogP contribution in [0.4, 0.5) is 0 Å². The van der Waals surface area contributed by atoms with Crippen molar-refractivity contribution in [3.8, 4) is 0 Å². The minimum atomic E-state index is -1.07. The Hall–Kier alpha value is -1.78. The van der Waals surface area contributed by atoms with Crippen molar-refractivity contribution >= 4 is 11.9 Å². The molecule has 1 aromatic heterocycles. The summed E-state index contributed by atoms with van der Waals surface area (Å²) in [6.07, 6.45) is 0. The molecule has 1 amide bonds. The third kappa shape index (κ3) is 2.59. The molecule has 1 aromatic rings. The van der Waals surface area contributed by atoms with Crippen molar-refractivity contribution in [2.45, 2.75) is 26.8 Å². The van der Waals surface area contributed by atoms with Crippen molar-refractivity contribution in [3.05, 3.63) is 23.2 Å². The van der Waals surface area contributed by atoms with Gasteiger partial charge in [0.05, 0.1) is 5.56 Å². The van der Waals surface area contributed by atoms with E-state index in [0.29, 0.717) is 17.1 Å². The predicted molar refractivity (Wildman–Crippen MR) is 52.7 cm³/mol. The fourth-order valence-electron chi connectivity index (χ4n) is 1.19. The smallest absolute Gasteiger partial charge is 0.325 e. The number of aryl methyl sites for hydroxylation is 2. The standard InChI is InChI=1S/C10H13NO4/c1-5-4-8(7(3)15-5)9(12)11-6(2)10(13)14/h4,6H,1-3H3,(H,11,12)(H,13,14). The number of carboxylic acid groups (broad SMARTS) is 1. The minimum absolute atomic E-state index is 0.376. The first-order valence-corrected chi connectivity index (χ1v) is 4.52. The third-order valence-corrected chi connectivity index (χ3v) is 2.00. The Labute approximate surface area is 87.1 Å². The maximum absolute atomic E-state index is 11.6. The van der Waals surface area contributed by atoms with E-state index in [4.69, 9.17) is 9.52 Å². The molecule has 15 heavy (non-hydrogen) atoms. The number of hydrogen-bond donors (Lipinski definition) is 2. The quantitative estimate of drug-likeness (QED) is 0.784. The molecule has 5 nitrogen and oxygen atoms in total.